The fourth-order valence-electron chi connectivity index (χ4n) is 2.80. The van der Waals surface area contributed by atoms with E-state index in [4.69, 9.17) is 23.2 Å². The zero-order valence-corrected chi connectivity index (χ0v) is 15.4. The average Bonchev–Trinajstić information content (AvgIpc) is 2.67. The van der Waals surface area contributed by atoms with Crippen LogP contribution in [0.15, 0.2) is 78.9 Å². The summed E-state index contributed by atoms with van der Waals surface area (Å²) in [6.07, 6.45) is 0.0904. The largest absolute Gasteiger partial charge is 0.294 e. The number of ketones is 2. The van der Waals surface area contributed by atoms with Gasteiger partial charge in [0.2, 0.25) is 0 Å². The van der Waals surface area contributed by atoms with Gasteiger partial charge < -0.3 is 0 Å². The van der Waals surface area contributed by atoms with Crippen molar-refractivity contribution in [2.24, 2.45) is 0 Å². The van der Waals surface area contributed by atoms with Crippen LogP contribution in [0.25, 0.3) is 0 Å². The average molecular weight is 383 g/mol. The number of halogens is 2. The molecule has 130 valence electrons. The minimum absolute atomic E-state index is 0.0904. The van der Waals surface area contributed by atoms with Gasteiger partial charge in [0.15, 0.2) is 11.6 Å². The predicted molar refractivity (Wildman–Crippen MR) is 105 cm³/mol. The molecular weight excluding hydrogens is 367 g/mol. The molecule has 2 nitrogen and oxygen atoms in total. The first-order chi connectivity index (χ1) is 12.5. The van der Waals surface area contributed by atoms with Gasteiger partial charge in [0.05, 0.1) is 5.92 Å². The van der Waals surface area contributed by atoms with E-state index in [2.05, 4.69) is 0 Å². The summed E-state index contributed by atoms with van der Waals surface area (Å²) in [7, 11) is 0. The van der Waals surface area contributed by atoms with Crippen molar-refractivity contribution >= 4 is 34.8 Å². The molecular formula is C22H16Cl2O2. The van der Waals surface area contributed by atoms with Gasteiger partial charge in [-0.1, -0.05) is 53.5 Å². The van der Waals surface area contributed by atoms with Crippen molar-refractivity contribution in [2.75, 3.05) is 0 Å². The van der Waals surface area contributed by atoms with E-state index < -0.39 is 5.92 Å². The Balaban J connectivity index is 1.91. The molecule has 0 bridgehead atoms. The van der Waals surface area contributed by atoms with Crippen LogP contribution in [0.5, 0.6) is 0 Å². The van der Waals surface area contributed by atoms with E-state index in [0.717, 1.165) is 5.56 Å². The van der Waals surface area contributed by atoms with Crippen LogP contribution in [0.1, 0.15) is 38.6 Å². The molecule has 4 heteroatoms. The molecule has 0 saturated carbocycles. The molecule has 26 heavy (non-hydrogen) atoms. The highest BCUT2D eigenvalue weighted by molar-refractivity contribution is 6.31. The second-order valence-corrected chi connectivity index (χ2v) is 6.84. The number of Topliss-reactive ketones (excluding diaryl/α,β-unsaturated/α-hetero) is 2. The summed E-state index contributed by atoms with van der Waals surface area (Å²) < 4.78 is 0. The second-order valence-electron chi connectivity index (χ2n) is 5.97. The summed E-state index contributed by atoms with van der Waals surface area (Å²) in [5, 5.41) is 1.13. The summed E-state index contributed by atoms with van der Waals surface area (Å²) in [6, 6.07) is 22.8. The van der Waals surface area contributed by atoms with Gasteiger partial charge in [-0.05, 0) is 54.1 Å². The SMILES string of the molecule is O=C(CC(C(=O)c1ccc(Cl)cc1)c1ccccc1)c1ccc(Cl)cc1. The maximum atomic E-state index is 13.1. The molecule has 1 unspecified atom stereocenters. The van der Waals surface area contributed by atoms with Crippen LogP contribution in [0.3, 0.4) is 0 Å². The lowest BCUT2D eigenvalue weighted by molar-refractivity contribution is 0.0893. The van der Waals surface area contributed by atoms with Crippen molar-refractivity contribution < 1.29 is 9.59 Å². The normalized spacial score (nSPS) is 11.8. The molecule has 0 aliphatic heterocycles. The lowest BCUT2D eigenvalue weighted by Crippen LogP contribution is -2.17. The molecule has 0 N–H and O–H groups in total. The summed E-state index contributed by atoms with van der Waals surface area (Å²) >= 11 is 11.8. The van der Waals surface area contributed by atoms with Gasteiger partial charge in [0, 0.05) is 27.6 Å². The summed E-state index contributed by atoms with van der Waals surface area (Å²) in [6.45, 7) is 0. The van der Waals surface area contributed by atoms with E-state index in [-0.39, 0.29) is 18.0 Å². The van der Waals surface area contributed by atoms with Crippen LogP contribution in [-0.2, 0) is 0 Å². The molecule has 0 spiro atoms. The third-order valence-corrected chi connectivity index (χ3v) is 4.71. The summed E-state index contributed by atoms with van der Waals surface area (Å²) in [5.74, 6) is -0.756. The van der Waals surface area contributed by atoms with Gasteiger partial charge in [-0.25, -0.2) is 0 Å². The van der Waals surface area contributed by atoms with E-state index in [1.165, 1.54) is 0 Å². The van der Waals surface area contributed by atoms with E-state index in [9.17, 15) is 9.59 Å². The van der Waals surface area contributed by atoms with Crippen LogP contribution in [0.2, 0.25) is 10.0 Å². The van der Waals surface area contributed by atoms with Gasteiger partial charge >= 0.3 is 0 Å². The summed E-state index contributed by atoms with van der Waals surface area (Å²) in [5.41, 5.74) is 1.89. The lowest BCUT2D eigenvalue weighted by atomic mass is 9.85. The Morgan fingerprint density at radius 1 is 0.692 bits per heavy atom. The quantitative estimate of drug-likeness (QED) is 0.473. The number of rotatable bonds is 6. The first-order valence-corrected chi connectivity index (χ1v) is 8.93. The van der Waals surface area contributed by atoms with E-state index in [0.29, 0.717) is 21.2 Å². The van der Waals surface area contributed by atoms with Crippen molar-refractivity contribution in [1.82, 2.24) is 0 Å². The Kier molecular flexibility index (Phi) is 5.87. The molecule has 0 radical (unpaired) electrons. The number of hydrogen-bond acceptors (Lipinski definition) is 2. The van der Waals surface area contributed by atoms with Crippen LogP contribution in [-0.4, -0.2) is 11.6 Å². The standard InChI is InChI=1S/C22H16Cl2O2/c23-18-10-6-16(7-11-18)21(25)14-20(15-4-2-1-3-5-15)22(26)17-8-12-19(24)13-9-17/h1-13,20H,14H2. The Hall–Kier alpha value is -2.42. The van der Waals surface area contributed by atoms with Crippen LogP contribution >= 0.6 is 23.2 Å². The molecule has 0 aromatic heterocycles. The highest BCUT2D eigenvalue weighted by Gasteiger charge is 2.25. The smallest absolute Gasteiger partial charge is 0.170 e. The topological polar surface area (TPSA) is 34.1 Å². The van der Waals surface area contributed by atoms with Crippen LogP contribution < -0.4 is 0 Å². The number of carbonyl (C=O) groups excluding carboxylic acids is 2. The Labute approximate surface area is 162 Å². The first kappa shape index (κ1) is 18.4. The van der Waals surface area contributed by atoms with Crippen LogP contribution in [0.4, 0.5) is 0 Å². The second kappa shape index (κ2) is 8.31. The molecule has 3 rings (SSSR count). The molecule has 1 atom stereocenters. The zero-order valence-electron chi connectivity index (χ0n) is 13.9. The molecule has 0 aliphatic carbocycles. The Morgan fingerprint density at radius 3 is 1.73 bits per heavy atom. The minimum Gasteiger partial charge on any atom is -0.294 e. The lowest BCUT2D eigenvalue weighted by Gasteiger charge is -2.16. The third-order valence-electron chi connectivity index (χ3n) is 4.20. The molecule has 0 amide bonds. The molecule has 0 aliphatic rings. The Bertz CT molecular complexity index is 901. The predicted octanol–water partition coefficient (Wildman–Crippen LogP) is 6.23. The van der Waals surface area contributed by atoms with Gasteiger partial charge in [-0.15, -0.1) is 0 Å². The fourth-order valence-corrected chi connectivity index (χ4v) is 3.05. The van der Waals surface area contributed by atoms with Crippen molar-refractivity contribution in [3.05, 3.63) is 106 Å². The first-order valence-electron chi connectivity index (χ1n) is 8.18. The molecule has 3 aromatic carbocycles. The van der Waals surface area contributed by atoms with Gasteiger partial charge in [0.1, 0.15) is 0 Å². The number of carbonyl (C=O) groups is 2. The molecule has 0 fully saturated rings. The summed E-state index contributed by atoms with van der Waals surface area (Å²) in [4.78, 5) is 25.8. The highest BCUT2D eigenvalue weighted by atomic mass is 35.5. The van der Waals surface area contributed by atoms with Gasteiger partial charge in [0.25, 0.3) is 0 Å². The zero-order chi connectivity index (χ0) is 18.5. The highest BCUT2D eigenvalue weighted by Crippen LogP contribution is 2.27. The molecule has 0 saturated heterocycles. The monoisotopic (exact) mass is 382 g/mol. The van der Waals surface area contributed by atoms with E-state index >= 15 is 0 Å². The Morgan fingerprint density at radius 2 is 1.19 bits per heavy atom. The minimum atomic E-state index is -0.555. The van der Waals surface area contributed by atoms with Crippen molar-refractivity contribution in [2.45, 2.75) is 12.3 Å². The van der Waals surface area contributed by atoms with Crippen molar-refractivity contribution in [3.63, 3.8) is 0 Å². The third kappa shape index (κ3) is 4.40. The van der Waals surface area contributed by atoms with Crippen molar-refractivity contribution in [1.29, 1.82) is 0 Å². The van der Waals surface area contributed by atoms with E-state index in [1.54, 1.807) is 48.5 Å². The maximum absolute atomic E-state index is 13.1. The number of hydrogen-bond donors (Lipinski definition) is 0. The van der Waals surface area contributed by atoms with Gasteiger partial charge in [-0.3, -0.25) is 9.59 Å². The van der Waals surface area contributed by atoms with Crippen LogP contribution in [0, 0.1) is 0 Å². The maximum Gasteiger partial charge on any atom is 0.170 e. The molecule has 0 heterocycles. The molecule has 3 aromatic rings. The van der Waals surface area contributed by atoms with Crippen molar-refractivity contribution in [3.8, 4) is 0 Å². The fraction of sp³-hybridized carbons (Fsp3) is 0.0909. The van der Waals surface area contributed by atoms with Gasteiger partial charge in [-0.2, -0.15) is 0 Å². The number of benzene rings is 3. The van der Waals surface area contributed by atoms with E-state index in [1.807, 2.05) is 30.3 Å².